The Morgan fingerprint density at radius 1 is 1.56 bits per heavy atom. The van der Waals surface area contributed by atoms with Crippen LogP contribution in [0.3, 0.4) is 0 Å². The number of halogens is 1. The number of ether oxygens (including phenoxy) is 1. The van der Waals surface area contributed by atoms with Gasteiger partial charge in [0.25, 0.3) is 0 Å². The molecule has 1 aromatic carbocycles. The van der Waals surface area contributed by atoms with E-state index in [0.29, 0.717) is 29.3 Å². The Bertz CT molecular complexity index is 452. The minimum Gasteiger partial charge on any atom is -0.465 e. The highest BCUT2D eigenvalue weighted by atomic mass is 35.5. The van der Waals surface area contributed by atoms with Gasteiger partial charge < -0.3 is 14.9 Å². The standard InChI is InChI=1S/C12H14ClNO4/c13-9-2-1-8(6-15)10(5-9)11-7-18-4-3-14(11)12(16)17/h1-2,5,11,15H,3-4,6-7H2,(H,16,17). The second-order valence-electron chi connectivity index (χ2n) is 4.07. The van der Waals surface area contributed by atoms with Gasteiger partial charge in [-0.25, -0.2) is 4.79 Å². The van der Waals surface area contributed by atoms with E-state index in [1.54, 1.807) is 18.2 Å². The molecule has 1 aliphatic rings. The number of carbonyl (C=O) groups is 1. The Kier molecular flexibility index (Phi) is 4.06. The van der Waals surface area contributed by atoms with Crippen LogP contribution in [0.4, 0.5) is 4.79 Å². The summed E-state index contributed by atoms with van der Waals surface area (Å²) in [5, 5.41) is 19.0. The number of aliphatic hydroxyl groups is 1. The first kappa shape index (κ1) is 13.1. The van der Waals surface area contributed by atoms with Crippen molar-refractivity contribution in [1.29, 1.82) is 0 Å². The Hall–Kier alpha value is -1.30. The van der Waals surface area contributed by atoms with Crippen molar-refractivity contribution in [3.63, 3.8) is 0 Å². The summed E-state index contributed by atoms with van der Waals surface area (Å²) in [6.45, 7) is 0.825. The van der Waals surface area contributed by atoms with Gasteiger partial charge in [-0.3, -0.25) is 4.90 Å². The van der Waals surface area contributed by atoms with Crippen LogP contribution in [0.25, 0.3) is 0 Å². The molecule has 0 saturated carbocycles. The molecule has 18 heavy (non-hydrogen) atoms. The van der Waals surface area contributed by atoms with E-state index in [1.807, 2.05) is 0 Å². The number of carboxylic acid groups (broad SMARTS) is 1. The first-order chi connectivity index (χ1) is 8.63. The molecule has 1 fully saturated rings. The Morgan fingerprint density at radius 3 is 3.00 bits per heavy atom. The maximum absolute atomic E-state index is 11.2. The van der Waals surface area contributed by atoms with E-state index in [2.05, 4.69) is 0 Å². The Balaban J connectivity index is 2.38. The first-order valence-corrected chi connectivity index (χ1v) is 5.97. The van der Waals surface area contributed by atoms with Crippen molar-refractivity contribution in [2.45, 2.75) is 12.6 Å². The molecule has 1 atom stereocenters. The summed E-state index contributed by atoms with van der Waals surface area (Å²) in [6, 6.07) is 4.64. The van der Waals surface area contributed by atoms with Gasteiger partial charge in [0.1, 0.15) is 0 Å². The van der Waals surface area contributed by atoms with Crippen LogP contribution in [0.2, 0.25) is 5.02 Å². The molecule has 0 aliphatic carbocycles. The molecule has 1 heterocycles. The largest absolute Gasteiger partial charge is 0.465 e. The third kappa shape index (κ3) is 2.58. The summed E-state index contributed by atoms with van der Waals surface area (Å²) in [7, 11) is 0. The highest BCUT2D eigenvalue weighted by Gasteiger charge is 2.29. The second kappa shape index (κ2) is 5.56. The van der Waals surface area contributed by atoms with Crippen LogP contribution in [0, 0.1) is 0 Å². The third-order valence-corrected chi connectivity index (χ3v) is 3.25. The Labute approximate surface area is 110 Å². The topological polar surface area (TPSA) is 70.0 Å². The molecule has 6 heteroatoms. The van der Waals surface area contributed by atoms with Gasteiger partial charge in [-0.1, -0.05) is 17.7 Å². The summed E-state index contributed by atoms with van der Waals surface area (Å²) in [5.41, 5.74) is 1.37. The minimum absolute atomic E-state index is 0.156. The molecule has 1 aliphatic heterocycles. The molecule has 1 unspecified atom stereocenters. The number of morpholine rings is 1. The molecule has 1 saturated heterocycles. The molecule has 1 amide bonds. The average Bonchev–Trinajstić information content (AvgIpc) is 2.38. The van der Waals surface area contributed by atoms with E-state index >= 15 is 0 Å². The summed E-state index contributed by atoms with van der Waals surface area (Å²) in [5.74, 6) is 0. The fourth-order valence-corrected chi connectivity index (χ4v) is 2.29. The van der Waals surface area contributed by atoms with Gasteiger partial charge in [-0.05, 0) is 23.3 Å². The fraction of sp³-hybridized carbons (Fsp3) is 0.417. The molecule has 0 aromatic heterocycles. The normalized spacial score (nSPS) is 19.9. The van der Waals surface area contributed by atoms with Crippen molar-refractivity contribution in [2.24, 2.45) is 0 Å². The van der Waals surface area contributed by atoms with Crippen LogP contribution in [0.5, 0.6) is 0 Å². The highest BCUT2D eigenvalue weighted by molar-refractivity contribution is 6.30. The van der Waals surface area contributed by atoms with Gasteiger partial charge in [0.05, 0.1) is 25.9 Å². The van der Waals surface area contributed by atoms with Crippen LogP contribution < -0.4 is 0 Å². The summed E-state index contributed by atoms with van der Waals surface area (Å²) >= 11 is 5.93. The fourth-order valence-electron chi connectivity index (χ4n) is 2.11. The van der Waals surface area contributed by atoms with Crippen molar-refractivity contribution in [3.05, 3.63) is 34.3 Å². The lowest BCUT2D eigenvalue weighted by atomic mass is 9.99. The van der Waals surface area contributed by atoms with E-state index in [0.717, 1.165) is 0 Å². The second-order valence-corrected chi connectivity index (χ2v) is 4.50. The van der Waals surface area contributed by atoms with Crippen molar-refractivity contribution < 1.29 is 19.7 Å². The van der Waals surface area contributed by atoms with Crippen LogP contribution in [0.1, 0.15) is 17.2 Å². The van der Waals surface area contributed by atoms with Gasteiger partial charge >= 0.3 is 6.09 Å². The quantitative estimate of drug-likeness (QED) is 0.862. The number of hydrogen-bond acceptors (Lipinski definition) is 3. The molecule has 2 rings (SSSR count). The van der Waals surface area contributed by atoms with Gasteiger partial charge in [-0.15, -0.1) is 0 Å². The first-order valence-electron chi connectivity index (χ1n) is 5.60. The van der Waals surface area contributed by atoms with Gasteiger partial charge in [0.2, 0.25) is 0 Å². The van der Waals surface area contributed by atoms with Gasteiger partial charge in [0, 0.05) is 11.6 Å². The highest BCUT2D eigenvalue weighted by Crippen LogP contribution is 2.29. The van der Waals surface area contributed by atoms with Gasteiger partial charge in [0.15, 0.2) is 0 Å². The number of benzene rings is 1. The van der Waals surface area contributed by atoms with Crippen molar-refractivity contribution in [3.8, 4) is 0 Å². The molecular formula is C12H14ClNO4. The van der Waals surface area contributed by atoms with E-state index in [-0.39, 0.29) is 13.2 Å². The van der Waals surface area contributed by atoms with E-state index in [9.17, 15) is 15.0 Å². The number of hydrogen-bond donors (Lipinski definition) is 2. The van der Waals surface area contributed by atoms with Crippen LogP contribution >= 0.6 is 11.6 Å². The maximum atomic E-state index is 11.2. The zero-order valence-electron chi connectivity index (χ0n) is 9.67. The Morgan fingerprint density at radius 2 is 2.33 bits per heavy atom. The molecule has 0 radical (unpaired) electrons. The number of nitrogens with zero attached hydrogens (tertiary/aromatic N) is 1. The zero-order chi connectivity index (χ0) is 13.1. The molecule has 5 nitrogen and oxygen atoms in total. The lowest BCUT2D eigenvalue weighted by Crippen LogP contribution is -2.43. The molecule has 2 N–H and O–H groups in total. The summed E-state index contributed by atoms with van der Waals surface area (Å²) in [4.78, 5) is 12.5. The zero-order valence-corrected chi connectivity index (χ0v) is 10.4. The molecule has 0 bridgehead atoms. The molecule has 0 spiro atoms. The van der Waals surface area contributed by atoms with Crippen molar-refractivity contribution in [2.75, 3.05) is 19.8 Å². The monoisotopic (exact) mass is 271 g/mol. The van der Waals surface area contributed by atoms with Crippen molar-refractivity contribution in [1.82, 2.24) is 4.90 Å². The van der Waals surface area contributed by atoms with Crippen LogP contribution in [-0.4, -0.2) is 41.0 Å². The molecular weight excluding hydrogens is 258 g/mol. The number of rotatable bonds is 2. The van der Waals surface area contributed by atoms with Crippen LogP contribution in [0.15, 0.2) is 18.2 Å². The molecule has 1 aromatic rings. The van der Waals surface area contributed by atoms with Gasteiger partial charge in [-0.2, -0.15) is 0 Å². The smallest absolute Gasteiger partial charge is 0.407 e. The summed E-state index contributed by atoms with van der Waals surface area (Å²) in [6.07, 6.45) is -0.993. The third-order valence-electron chi connectivity index (χ3n) is 3.01. The lowest BCUT2D eigenvalue weighted by Gasteiger charge is -2.34. The average molecular weight is 272 g/mol. The SMILES string of the molecule is O=C(O)N1CCOCC1c1cc(Cl)ccc1CO. The number of aliphatic hydroxyl groups excluding tert-OH is 1. The predicted molar refractivity (Wildman–Crippen MR) is 65.7 cm³/mol. The lowest BCUT2D eigenvalue weighted by molar-refractivity contribution is -0.00147. The van der Waals surface area contributed by atoms with E-state index < -0.39 is 12.1 Å². The van der Waals surface area contributed by atoms with Crippen LogP contribution in [-0.2, 0) is 11.3 Å². The maximum Gasteiger partial charge on any atom is 0.407 e. The minimum atomic E-state index is -0.993. The predicted octanol–water partition coefficient (Wildman–Crippen LogP) is 1.88. The van der Waals surface area contributed by atoms with E-state index in [1.165, 1.54) is 4.90 Å². The summed E-state index contributed by atoms with van der Waals surface area (Å²) < 4.78 is 5.33. The van der Waals surface area contributed by atoms with E-state index in [4.69, 9.17) is 16.3 Å². The van der Waals surface area contributed by atoms with Crippen molar-refractivity contribution >= 4 is 17.7 Å². The number of amides is 1. The molecule has 98 valence electrons.